The summed E-state index contributed by atoms with van der Waals surface area (Å²) in [5.74, 6) is 2.48. The summed E-state index contributed by atoms with van der Waals surface area (Å²) in [6.07, 6.45) is 0.681. The first-order chi connectivity index (χ1) is 15.1. The first-order valence-electron chi connectivity index (χ1n) is 10.1. The number of ether oxygens (including phenoxy) is 7. The molecule has 1 saturated heterocycles. The van der Waals surface area contributed by atoms with Crippen molar-refractivity contribution in [1.82, 2.24) is 0 Å². The van der Waals surface area contributed by atoms with Crippen molar-refractivity contribution in [3.8, 4) is 34.5 Å². The summed E-state index contributed by atoms with van der Waals surface area (Å²) in [6, 6.07) is 5.77. The highest BCUT2D eigenvalue weighted by Gasteiger charge is 2.49. The lowest BCUT2D eigenvalue weighted by Crippen LogP contribution is -2.32. The molecule has 5 rings (SSSR count). The van der Waals surface area contributed by atoms with E-state index in [4.69, 9.17) is 33.2 Å². The van der Waals surface area contributed by atoms with E-state index in [-0.39, 0.29) is 30.5 Å². The minimum absolute atomic E-state index is 0.0456. The van der Waals surface area contributed by atoms with Crippen molar-refractivity contribution in [2.24, 2.45) is 11.8 Å². The van der Waals surface area contributed by atoms with Crippen molar-refractivity contribution < 1.29 is 38.0 Å². The Labute approximate surface area is 179 Å². The summed E-state index contributed by atoms with van der Waals surface area (Å²) in [4.78, 5) is 12.9. The van der Waals surface area contributed by atoms with Gasteiger partial charge in [-0.25, -0.2) is 0 Å². The van der Waals surface area contributed by atoms with E-state index < -0.39 is 0 Å². The van der Waals surface area contributed by atoms with Crippen molar-refractivity contribution in [3.63, 3.8) is 0 Å². The van der Waals surface area contributed by atoms with Crippen molar-refractivity contribution >= 4 is 5.97 Å². The average molecular weight is 428 g/mol. The summed E-state index contributed by atoms with van der Waals surface area (Å²) in [5, 5.41) is 0. The molecule has 0 N–H and O–H groups in total. The second-order valence-corrected chi connectivity index (χ2v) is 7.77. The van der Waals surface area contributed by atoms with Gasteiger partial charge >= 0.3 is 5.97 Å². The minimum atomic E-state index is -0.357. The van der Waals surface area contributed by atoms with E-state index in [0.717, 1.165) is 16.7 Å². The van der Waals surface area contributed by atoms with E-state index in [1.54, 1.807) is 28.4 Å². The van der Waals surface area contributed by atoms with Gasteiger partial charge in [0.05, 0.1) is 41.0 Å². The van der Waals surface area contributed by atoms with Crippen LogP contribution in [0.4, 0.5) is 0 Å². The number of cyclic esters (lactones) is 1. The fraction of sp³-hybridized carbons (Fsp3) is 0.435. The zero-order chi connectivity index (χ0) is 21.7. The molecule has 31 heavy (non-hydrogen) atoms. The van der Waals surface area contributed by atoms with Crippen molar-refractivity contribution in [1.29, 1.82) is 0 Å². The van der Waals surface area contributed by atoms with Gasteiger partial charge < -0.3 is 33.2 Å². The van der Waals surface area contributed by atoms with Gasteiger partial charge in [0.15, 0.2) is 23.0 Å². The van der Waals surface area contributed by atoms with Crippen LogP contribution in [0.25, 0.3) is 0 Å². The van der Waals surface area contributed by atoms with Gasteiger partial charge in [-0.05, 0) is 35.7 Å². The molecule has 0 unspecified atom stereocenters. The van der Waals surface area contributed by atoms with Crippen LogP contribution >= 0.6 is 0 Å². The maximum absolute atomic E-state index is 12.9. The molecule has 0 saturated carbocycles. The number of fused-ring (bicyclic) bond motifs is 3. The Morgan fingerprint density at radius 1 is 0.871 bits per heavy atom. The first kappa shape index (κ1) is 19.7. The molecule has 0 amide bonds. The summed E-state index contributed by atoms with van der Waals surface area (Å²) >= 11 is 0. The van der Waals surface area contributed by atoms with Gasteiger partial charge in [0, 0.05) is 17.4 Å². The Morgan fingerprint density at radius 2 is 1.65 bits per heavy atom. The Kier molecular flexibility index (Phi) is 4.72. The molecule has 0 aromatic heterocycles. The van der Waals surface area contributed by atoms with Crippen LogP contribution in [-0.4, -0.2) is 47.8 Å². The second kappa shape index (κ2) is 7.44. The molecule has 164 valence electrons. The predicted octanol–water partition coefficient (Wildman–Crippen LogP) is 2.93. The third-order valence-electron chi connectivity index (χ3n) is 6.37. The predicted molar refractivity (Wildman–Crippen MR) is 109 cm³/mol. The van der Waals surface area contributed by atoms with E-state index >= 15 is 0 Å². The number of hydrogen-bond donors (Lipinski definition) is 0. The Balaban J connectivity index is 1.78. The van der Waals surface area contributed by atoms with Gasteiger partial charge in [0.2, 0.25) is 18.3 Å². The number of benzene rings is 2. The van der Waals surface area contributed by atoms with Gasteiger partial charge in [0.1, 0.15) is 0 Å². The third-order valence-corrected chi connectivity index (χ3v) is 6.37. The van der Waals surface area contributed by atoms with Crippen molar-refractivity contribution in [3.05, 3.63) is 34.9 Å². The maximum Gasteiger partial charge on any atom is 0.310 e. The highest BCUT2D eigenvalue weighted by atomic mass is 16.7. The molecule has 1 fully saturated rings. The summed E-state index contributed by atoms with van der Waals surface area (Å²) in [6.45, 7) is 0.511. The third kappa shape index (κ3) is 2.85. The Morgan fingerprint density at radius 3 is 2.35 bits per heavy atom. The van der Waals surface area contributed by atoms with Crippen LogP contribution < -0.4 is 28.4 Å². The molecule has 8 heteroatoms. The minimum Gasteiger partial charge on any atom is -0.493 e. The molecule has 0 spiro atoms. The van der Waals surface area contributed by atoms with E-state index in [1.165, 1.54) is 0 Å². The number of hydrogen-bond acceptors (Lipinski definition) is 8. The lowest BCUT2D eigenvalue weighted by atomic mass is 9.67. The molecule has 2 aliphatic heterocycles. The van der Waals surface area contributed by atoms with Crippen LogP contribution in [0.3, 0.4) is 0 Å². The highest BCUT2D eigenvalue weighted by Crippen LogP contribution is 2.56. The topological polar surface area (TPSA) is 81.7 Å². The second-order valence-electron chi connectivity index (χ2n) is 7.77. The average Bonchev–Trinajstić information content (AvgIpc) is 3.42. The van der Waals surface area contributed by atoms with Gasteiger partial charge in [0.25, 0.3) is 0 Å². The van der Waals surface area contributed by atoms with E-state index in [1.807, 2.05) is 18.2 Å². The zero-order valence-corrected chi connectivity index (χ0v) is 17.9. The molecule has 3 aliphatic rings. The number of carbonyl (C=O) groups is 1. The number of esters is 1. The molecule has 0 bridgehead atoms. The van der Waals surface area contributed by atoms with Crippen LogP contribution in [0.15, 0.2) is 18.2 Å². The monoisotopic (exact) mass is 428 g/mol. The molecular weight excluding hydrogens is 404 g/mol. The van der Waals surface area contributed by atoms with Crippen LogP contribution in [0, 0.1) is 11.8 Å². The molecule has 1 aliphatic carbocycles. The summed E-state index contributed by atoms with van der Waals surface area (Å²) in [5.41, 5.74) is 2.79. The summed E-state index contributed by atoms with van der Waals surface area (Å²) in [7, 11) is 6.34. The van der Waals surface area contributed by atoms with Gasteiger partial charge in [-0.2, -0.15) is 0 Å². The smallest absolute Gasteiger partial charge is 0.310 e. The van der Waals surface area contributed by atoms with Crippen LogP contribution in [0.2, 0.25) is 0 Å². The fourth-order valence-corrected chi connectivity index (χ4v) is 5.08. The largest absolute Gasteiger partial charge is 0.493 e. The number of methoxy groups -OCH3 is 4. The normalized spacial score (nSPS) is 23.0. The molecule has 8 nitrogen and oxygen atoms in total. The van der Waals surface area contributed by atoms with E-state index in [0.29, 0.717) is 47.5 Å². The molecule has 3 atom stereocenters. The standard InChI is InChI=1S/C23H24O8/c1-25-14-7-12(8-16-20(14)31-10-30-16)17-18-11(5-13-9-29-23(24)19(13)17)6-15(26-2)21(27-3)22(18)28-4/h6-8,13,17,19H,5,9-10H2,1-4H3/t13-,17-,19+/m1/s1. The molecule has 2 heterocycles. The SMILES string of the molecule is COc1cc([C@@H]2c3c(cc(OC)c(OC)c3OC)C[C@@H]3COC(=O)[C@@H]32)cc2c1OCO2. The maximum atomic E-state index is 12.9. The van der Waals surface area contributed by atoms with E-state index in [9.17, 15) is 4.79 Å². The fourth-order valence-electron chi connectivity index (χ4n) is 5.08. The van der Waals surface area contributed by atoms with Crippen LogP contribution in [0.1, 0.15) is 22.6 Å². The van der Waals surface area contributed by atoms with Crippen molar-refractivity contribution in [2.45, 2.75) is 12.3 Å². The van der Waals surface area contributed by atoms with Gasteiger partial charge in [-0.15, -0.1) is 0 Å². The molecule has 0 radical (unpaired) electrons. The van der Waals surface area contributed by atoms with Crippen molar-refractivity contribution in [2.75, 3.05) is 41.8 Å². The van der Waals surface area contributed by atoms with Crippen LogP contribution in [0.5, 0.6) is 34.5 Å². The molecular formula is C23H24O8. The Hall–Kier alpha value is -3.29. The number of carbonyl (C=O) groups excluding carboxylic acids is 1. The zero-order valence-electron chi connectivity index (χ0n) is 17.9. The highest BCUT2D eigenvalue weighted by molar-refractivity contribution is 5.79. The van der Waals surface area contributed by atoms with E-state index in [2.05, 4.69) is 0 Å². The Bertz CT molecular complexity index is 1050. The van der Waals surface area contributed by atoms with Gasteiger partial charge in [-0.1, -0.05) is 0 Å². The lowest BCUT2D eigenvalue weighted by molar-refractivity contribution is -0.141. The molecule has 2 aromatic rings. The van der Waals surface area contributed by atoms with Gasteiger partial charge in [-0.3, -0.25) is 4.79 Å². The molecule has 2 aromatic carbocycles. The summed E-state index contributed by atoms with van der Waals surface area (Å²) < 4.78 is 39.2. The quantitative estimate of drug-likeness (QED) is 0.673. The van der Waals surface area contributed by atoms with Crippen LogP contribution in [-0.2, 0) is 16.0 Å². The lowest BCUT2D eigenvalue weighted by Gasteiger charge is -2.35. The number of rotatable bonds is 5. The first-order valence-corrected chi connectivity index (χ1v) is 10.1.